The van der Waals surface area contributed by atoms with E-state index in [1.165, 1.54) is 17.9 Å². The quantitative estimate of drug-likeness (QED) is 0.779. The Bertz CT molecular complexity index is 955. The van der Waals surface area contributed by atoms with E-state index in [2.05, 4.69) is 5.32 Å². The van der Waals surface area contributed by atoms with Crippen LogP contribution in [0, 0.1) is 17.1 Å². The molecule has 2 atom stereocenters. The van der Waals surface area contributed by atoms with Crippen LogP contribution in [0.3, 0.4) is 0 Å². The van der Waals surface area contributed by atoms with Crippen molar-refractivity contribution >= 4 is 17.7 Å². The van der Waals surface area contributed by atoms with Crippen molar-refractivity contribution in [3.05, 3.63) is 53.8 Å². The molecule has 29 heavy (non-hydrogen) atoms. The number of nitrogens with one attached hydrogen (secondary N) is 1. The van der Waals surface area contributed by atoms with Gasteiger partial charge >= 0.3 is 6.09 Å². The molecule has 0 saturated carbocycles. The molecule has 1 heterocycles. The number of anilines is 1. The molecule has 8 heteroatoms. The number of hydrogen-bond donors (Lipinski definition) is 2. The molecule has 0 bridgehead atoms. The highest BCUT2D eigenvalue weighted by Gasteiger charge is 2.32. The van der Waals surface area contributed by atoms with Crippen LogP contribution in [0.15, 0.2) is 42.5 Å². The van der Waals surface area contributed by atoms with E-state index in [9.17, 15) is 14.0 Å². The summed E-state index contributed by atoms with van der Waals surface area (Å²) in [4.78, 5) is 24.4. The van der Waals surface area contributed by atoms with Crippen molar-refractivity contribution in [2.24, 2.45) is 5.73 Å². The van der Waals surface area contributed by atoms with Gasteiger partial charge in [0.25, 0.3) is 0 Å². The van der Waals surface area contributed by atoms with Crippen molar-refractivity contribution < 1.29 is 18.7 Å². The van der Waals surface area contributed by atoms with Gasteiger partial charge in [0.2, 0.25) is 5.91 Å². The lowest BCUT2D eigenvalue weighted by Crippen LogP contribution is -2.33. The Balaban J connectivity index is 1.73. The number of carbonyl (C=O) groups is 2. The zero-order chi connectivity index (χ0) is 21.0. The topological polar surface area (TPSA) is 108 Å². The number of nitrogens with zero attached hydrogens (tertiary/aromatic N) is 2. The molecule has 7 nitrogen and oxygen atoms in total. The Morgan fingerprint density at radius 1 is 1.38 bits per heavy atom. The molecule has 3 N–H and O–H groups in total. The summed E-state index contributed by atoms with van der Waals surface area (Å²) >= 11 is 0. The molecule has 0 radical (unpaired) electrons. The van der Waals surface area contributed by atoms with Gasteiger partial charge in [-0.3, -0.25) is 9.69 Å². The van der Waals surface area contributed by atoms with Crippen LogP contribution < -0.4 is 16.0 Å². The first-order valence-electron chi connectivity index (χ1n) is 9.14. The minimum atomic E-state index is -0.578. The summed E-state index contributed by atoms with van der Waals surface area (Å²) in [6.45, 7) is 1.82. The van der Waals surface area contributed by atoms with Gasteiger partial charge in [-0.1, -0.05) is 24.3 Å². The molecule has 1 aliphatic heterocycles. The smallest absolute Gasteiger partial charge is 0.414 e. The Kier molecular flexibility index (Phi) is 6.10. The molecule has 150 valence electrons. The molecule has 1 saturated heterocycles. The minimum Gasteiger partial charge on any atom is -0.442 e. The first kappa shape index (κ1) is 20.3. The first-order chi connectivity index (χ1) is 13.9. The summed E-state index contributed by atoms with van der Waals surface area (Å²) in [5.74, 6) is -0.683. The SMILES string of the molecule is CC(=O)NCC1CN(c2ccc(-c3ccc(CC(N)C#N)cc3)c(F)c2)C(=O)O1. The fraction of sp³-hybridized carbons (Fsp3) is 0.286. The minimum absolute atomic E-state index is 0.208. The van der Waals surface area contributed by atoms with Crippen LogP contribution in [0.1, 0.15) is 12.5 Å². The number of nitrogens with two attached hydrogens (primary N) is 1. The Morgan fingerprint density at radius 3 is 2.72 bits per heavy atom. The van der Waals surface area contributed by atoms with Crippen molar-refractivity contribution in [2.75, 3.05) is 18.0 Å². The molecule has 0 aliphatic carbocycles. The zero-order valence-electron chi connectivity index (χ0n) is 15.9. The largest absolute Gasteiger partial charge is 0.442 e. The second-order valence-electron chi connectivity index (χ2n) is 6.85. The van der Waals surface area contributed by atoms with Gasteiger partial charge in [-0.2, -0.15) is 5.26 Å². The van der Waals surface area contributed by atoms with Crippen LogP contribution in [0.4, 0.5) is 14.9 Å². The predicted molar refractivity (Wildman–Crippen MR) is 105 cm³/mol. The highest BCUT2D eigenvalue weighted by molar-refractivity contribution is 5.90. The fourth-order valence-corrected chi connectivity index (χ4v) is 3.12. The Labute approximate surface area is 167 Å². The molecule has 3 rings (SSSR count). The van der Waals surface area contributed by atoms with E-state index >= 15 is 0 Å². The number of rotatable bonds is 6. The number of benzene rings is 2. The number of cyclic esters (lactones) is 1. The lowest BCUT2D eigenvalue weighted by atomic mass is 10.0. The summed E-state index contributed by atoms with van der Waals surface area (Å²) in [6.07, 6.45) is -0.637. The highest BCUT2D eigenvalue weighted by atomic mass is 19.1. The lowest BCUT2D eigenvalue weighted by Gasteiger charge is -2.15. The molecule has 0 aromatic heterocycles. The van der Waals surface area contributed by atoms with Crippen LogP contribution in [-0.4, -0.2) is 37.2 Å². The summed E-state index contributed by atoms with van der Waals surface area (Å²) in [5, 5.41) is 11.4. The van der Waals surface area contributed by atoms with Gasteiger partial charge in [0.1, 0.15) is 11.9 Å². The fourth-order valence-electron chi connectivity index (χ4n) is 3.12. The van der Waals surface area contributed by atoms with E-state index in [0.29, 0.717) is 23.2 Å². The maximum Gasteiger partial charge on any atom is 0.414 e. The van der Waals surface area contributed by atoms with Crippen LogP contribution in [0.5, 0.6) is 0 Å². The van der Waals surface area contributed by atoms with Crippen LogP contribution >= 0.6 is 0 Å². The lowest BCUT2D eigenvalue weighted by molar-refractivity contribution is -0.119. The van der Waals surface area contributed by atoms with Crippen LogP contribution in [-0.2, 0) is 16.0 Å². The number of nitriles is 1. The molecule has 2 unspecified atom stereocenters. The maximum absolute atomic E-state index is 14.7. The van der Waals surface area contributed by atoms with E-state index in [1.807, 2.05) is 18.2 Å². The molecule has 2 aromatic carbocycles. The monoisotopic (exact) mass is 396 g/mol. The van der Waals surface area contributed by atoms with E-state index in [0.717, 1.165) is 5.56 Å². The average molecular weight is 396 g/mol. The Hall–Kier alpha value is -3.44. The number of carbonyl (C=O) groups excluding carboxylic acids is 2. The number of hydrogen-bond acceptors (Lipinski definition) is 5. The van der Waals surface area contributed by atoms with E-state index in [4.69, 9.17) is 15.7 Å². The third-order valence-electron chi connectivity index (χ3n) is 4.60. The highest BCUT2D eigenvalue weighted by Crippen LogP contribution is 2.29. The third kappa shape index (κ3) is 4.89. The van der Waals surface area contributed by atoms with Crippen LogP contribution in [0.2, 0.25) is 0 Å². The molecular weight excluding hydrogens is 375 g/mol. The van der Waals surface area contributed by atoms with Crippen LogP contribution in [0.25, 0.3) is 11.1 Å². The normalized spacial score (nSPS) is 16.8. The van der Waals surface area contributed by atoms with Gasteiger partial charge in [-0.25, -0.2) is 9.18 Å². The molecule has 1 fully saturated rings. The van der Waals surface area contributed by atoms with E-state index in [1.54, 1.807) is 24.3 Å². The van der Waals surface area contributed by atoms with Gasteiger partial charge in [0, 0.05) is 18.9 Å². The molecule has 0 spiro atoms. The van der Waals surface area contributed by atoms with Gasteiger partial charge < -0.3 is 15.8 Å². The van der Waals surface area contributed by atoms with E-state index < -0.39 is 24.1 Å². The second-order valence-corrected chi connectivity index (χ2v) is 6.85. The van der Waals surface area contributed by atoms with Crippen molar-refractivity contribution in [3.63, 3.8) is 0 Å². The van der Waals surface area contributed by atoms with Gasteiger partial charge in [0.05, 0.1) is 30.9 Å². The second kappa shape index (κ2) is 8.71. The van der Waals surface area contributed by atoms with Gasteiger partial charge in [-0.15, -0.1) is 0 Å². The zero-order valence-corrected chi connectivity index (χ0v) is 15.9. The summed E-state index contributed by atoms with van der Waals surface area (Å²) in [5.41, 5.74) is 7.98. The number of ether oxygens (including phenoxy) is 1. The van der Waals surface area contributed by atoms with Gasteiger partial charge in [0.15, 0.2) is 0 Å². The predicted octanol–water partition coefficient (Wildman–Crippen LogP) is 2.35. The summed E-state index contributed by atoms with van der Waals surface area (Å²) in [6, 6.07) is 13.1. The summed E-state index contributed by atoms with van der Waals surface area (Å²) in [7, 11) is 0. The average Bonchev–Trinajstić information content (AvgIpc) is 3.07. The summed E-state index contributed by atoms with van der Waals surface area (Å²) < 4.78 is 19.9. The molecular formula is C21H21FN4O3. The number of halogens is 1. The van der Waals surface area contributed by atoms with Crippen molar-refractivity contribution in [2.45, 2.75) is 25.5 Å². The first-order valence-corrected chi connectivity index (χ1v) is 9.14. The molecule has 1 aliphatic rings. The number of amides is 2. The Morgan fingerprint density at radius 2 is 2.10 bits per heavy atom. The van der Waals surface area contributed by atoms with E-state index in [-0.39, 0.29) is 19.0 Å². The molecule has 2 aromatic rings. The van der Waals surface area contributed by atoms with Crippen molar-refractivity contribution in [1.29, 1.82) is 5.26 Å². The molecule has 2 amide bonds. The third-order valence-corrected chi connectivity index (χ3v) is 4.60. The maximum atomic E-state index is 14.7. The van der Waals surface area contributed by atoms with Gasteiger partial charge in [-0.05, 0) is 29.3 Å². The standard InChI is InChI=1S/C21H21FN4O3/c1-13(27)25-11-18-12-26(21(28)29-18)17-6-7-19(20(22)9-17)15-4-2-14(3-5-15)8-16(24)10-23/h2-7,9,16,18H,8,11-12,24H2,1H3,(H,25,27). The van der Waals surface area contributed by atoms with Crippen molar-refractivity contribution in [3.8, 4) is 17.2 Å². The van der Waals surface area contributed by atoms with Crippen molar-refractivity contribution in [1.82, 2.24) is 5.32 Å².